The third-order valence-electron chi connectivity index (χ3n) is 5.48. The van der Waals surface area contributed by atoms with E-state index in [1.807, 2.05) is 11.8 Å². The van der Waals surface area contributed by atoms with Gasteiger partial charge in [0.05, 0.1) is 0 Å². The van der Waals surface area contributed by atoms with Crippen LogP contribution in [0.25, 0.3) is 0 Å². The topological polar surface area (TPSA) is 86.7 Å². The first-order valence-corrected chi connectivity index (χ1v) is 9.79. The molecule has 2 N–H and O–H groups in total. The van der Waals surface area contributed by atoms with Crippen molar-refractivity contribution >= 4 is 17.8 Å². The fraction of sp³-hybridized carbons (Fsp3) is 0.842. The van der Waals surface area contributed by atoms with Crippen LogP contribution < -0.4 is 5.32 Å². The van der Waals surface area contributed by atoms with Crippen LogP contribution in [0.15, 0.2) is 0 Å². The van der Waals surface area contributed by atoms with Gasteiger partial charge < -0.3 is 15.3 Å². The molecule has 0 aromatic carbocycles. The molecule has 0 bridgehead atoms. The Kier molecular flexibility index (Phi) is 7.72. The van der Waals surface area contributed by atoms with Gasteiger partial charge in [-0.15, -0.1) is 0 Å². The van der Waals surface area contributed by atoms with Crippen LogP contribution in [-0.4, -0.2) is 46.4 Å². The molecule has 2 rings (SSSR count). The SMILES string of the molecule is CC(CC(=O)N1CCCCC1CCC(=O)O)NC(=O)C1CCCCC1. The molecule has 2 unspecified atom stereocenters. The van der Waals surface area contributed by atoms with E-state index in [0.29, 0.717) is 19.4 Å². The van der Waals surface area contributed by atoms with Crippen molar-refractivity contribution in [3.05, 3.63) is 0 Å². The molecular formula is C19H32N2O4. The number of carboxylic acids is 1. The number of rotatable bonds is 7. The molecule has 6 heteroatoms. The average Bonchev–Trinajstić information content (AvgIpc) is 2.60. The summed E-state index contributed by atoms with van der Waals surface area (Å²) >= 11 is 0. The van der Waals surface area contributed by atoms with Crippen LogP contribution in [0.4, 0.5) is 0 Å². The molecule has 0 spiro atoms. The maximum Gasteiger partial charge on any atom is 0.303 e. The summed E-state index contributed by atoms with van der Waals surface area (Å²) in [4.78, 5) is 37.6. The lowest BCUT2D eigenvalue weighted by atomic mass is 9.88. The second-order valence-corrected chi connectivity index (χ2v) is 7.62. The van der Waals surface area contributed by atoms with Gasteiger partial charge in [-0.05, 0) is 45.4 Å². The van der Waals surface area contributed by atoms with Crippen molar-refractivity contribution in [3.63, 3.8) is 0 Å². The van der Waals surface area contributed by atoms with Crippen LogP contribution in [0.1, 0.15) is 77.6 Å². The van der Waals surface area contributed by atoms with Crippen LogP contribution >= 0.6 is 0 Å². The van der Waals surface area contributed by atoms with Crippen LogP contribution in [0.2, 0.25) is 0 Å². The van der Waals surface area contributed by atoms with E-state index >= 15 is 0 Å². The summed E-state index contributed by atoms with van der Waals surface area (Å²) in [6, 6.07) is -0.150. The summed E-state index contributed by atoms with van der Waals surface area (Å²) in [5.74, 6) is -0.594. The summed E-state index contributed by atoms with van der Waals surface area (Å²) in [5.41, 5.74) is 0. The van der Waals surface area contributed by atoms with Gasteiger partial charge in [0.2, 0.25) is 11.8 Å². The zero-order valence-corrected chi connectivity index (χ0v) is 15.3. The lowest BCUT2D eigenvalue weighted by Crippen LogP contribution is -2.47. The van der Waals surface area contributed by atoms with E-state index < -0.39 is 5.97 Å². The number of carboxylic acid groups (broad SMARTS) is 1. The summed E-state index contributed by atoms with van der Waals surface area (Å²) < 4.78 is 0. The van der Waals surface area contributed by atoms with Gasteiger partial charge in [-0.3, -0.25) is 14.4 Å². The van der Waals surface area contributed by atoms with E-state index in [2.05, 4.69) is 5.32 Å². The highest BCUT2D eigenvalue weighted by atomic mass is 16.4. The van der Waals surface area contributed by atoms with E-state index in [0.717, 1.165) is 44.9 Å². The van der Waals surface area contributed by atoms with Crippen LogP contribution in [-0.2, 0) is 14.4 Å². The number of likely N-dealkylation sites (tertiary alicyclic amines) is 1. The molecule has 1 saturated heterocycles. The minimum Gasteiger partial charge on any atom is -0.481 e. The molecule has 0 radical (unpaired) electrons. The Morgan fingerprint density at radius 2 is 1.76 bits per heavy atom. The summed E-state index contributed by atoms with van der Waals surface area (Å²) in [5, 5.41) is 11.9. The van der Waals surface area contributed by atoms with Crippen molar-refractivity contribution < 1.29 is 19.5 Å². The number of piperidine rings is 1. The van der Waals surface area contributed by atoms with E-state index in [1.165, 1.54) is 6.42 Å². The largest absolute Gasteiger partial charge is 0.481 e. The molecule has 0 aromatic rings. The summed E-state index contributed by atoms with van der Waals surface area (Å²) in [6.07, 6.45) is 9.15. The third kappa shape index (κ3) is 6.33. The molecule has 6 nitrogen and oxygen atoms in total. The molecule has 142 valence electrons. The highest BCUT2D eigenvalue weighted by molar-refractivity contribution is 5.81. The molecule has 2 aliphatic rings. The lowest BCUT2D eigenvalue weighted by Gasteiger charge is -2.36. The maximum atomic E-state index is 12.6. The molecular weight excluding hydrogens is 320 g/mol. The Bertz CT molecular complexity index is 474. The van der Waals surface area contributed by atoms with Gasteiger partial charge in [0, 0.05) is 37.4 Å². The highest BCUT2D eigenvalue weighted by Gasteiger charge is 2.29. The Hall–Kier alpha value is -1.59. The zero-order chi connectivity index (χ0) is 18.2. The monoisotopic (exact) mass is 352 g/mol. The normalized spacial score (nSPS) is 23.1. The number of carbonyl (C=O) groups is 3. The van der Waals surface area contributed by atoms with Gasteiger partial charge in [-0.25, -0.2) is 0 Å². The number of amides is 2. The Morgan fingerprint density at radius 3 is 2.44 bits per heavy atom. The van der Waals surface area contributed by atoms with Gasteiger partial charge in [-0.1, -0.05) is 19.3 Å². The first-order chi connectivity index (χ1) is 12.0. The van der Waals surface area contributed by atoms with Gasteiger partial charge >= 0.3 is 5.97 Å². The van der Waals surface area contributed by atoms with Gasteiger partial charge in [0.15, 0.2) is 0 Å². The number of carbonyl (C=O) groups excluding carboxylic acids is 2. The molecule has 0 aromatic heterocycles. The molecule has 1 aliphatic carbocycles. The summed E-state index contributed by atoms with van der Waals surface area (Å²) in [7, 11) is 0. The lowest BCUT2D eigenvalue weighted by molar-refractivity contribution is -0.140. The number of nitrogens with one attached hydrogen (secondary N) is 1. The average molecular weight is 352 g/mol. The quantitative estimate of drug-likeness (QED) is 0.737. The molecule has 25 heavy (non-hydrogen) atoms. The predicted molar refractivity (Wildman–Crippen MR) is 95.0 cm³/mol. The third-order valence-corrected chi connectivity index (χ3v) is 5.48. The van der Waals surface area contributed by atoms with Crippen molar-refractivity contribution in [3.8, 4) is 0 Å². The van der Waals surface area contributed by atoms with E-state index in [1.54, 1.807) is 0 Å². The number of nitrogens with zero attached hydrogens (tertiary/aromatic N) is 1. The van der Waals surface area contributed by atoms with Crippen LogP contribution in [0, 0.1) is 5.92 Å². The number of hydrogen-bond donors (Lipinski definition) is 2. The Morgan fingerprint density at radius 1 is 1.08 bits per heavy atom. The molecule has 1 heterocycles. The highest BCUT2D eigenvalue weighted by Crippen LogP contribution is 2.24. The second kappa shape index (κ2) is 9.78. The number of aliphatic carboxylic acids is 1. The van der Waals surface area contributed by atoms with E-state index in [9.17, 15) is 14.4 Å². The van der Waals surface area contributed by atoms with Crippen LogP contribution in [0.5, 0.6) is 0 Å². The summed E-state index contributed by atoms with van der Waals surface area (Å²) in [6.45, 7) is 2.58. The molecule has 1 saturated carbocycles. The van der Waals surface area contributed by atoms with Crippen LogP contribution in [0.3, 0.4) is 0 Å². The minimum atomic E-state index is -0.814. The van der Waals surface area contributed by atoms with Crippen molar-refractivity contribution in [2.75, 3.05) is 6.54 Å². The second-order valence-electron chi connectivity index (χ2n) is 7.62. The molecule has 2 amide bonds. The van der Waals surface area contributed by atoms with E-state index in [4.69, 9.17) is 5.11 Å². The van der Waals surface area contributed by atoms with E-state index in [-0.39, 0.29) is 36.2 Å². The minimum absolute atomic E-state index is 0.0265. The smallest absolute Gasteiger partial charge is 0.303 e. The van der Waals surface area contributed by atoms with Crippen molar-refractivity contribution in [1.82, 2.24) is 10.2 Å². The van der Waals surface area contributed by atoms with Crippen molar-refractivity contribution in [2.45, 2.75) is 89.6 Å². The van der Waals surface area contributed by atoms with Gasteiger partial charge in [0.1, 0.15) is 0 Å². The molecule has 2 fully saturated rings. The zero-order valence-electron chi connectivity index (χ0n) is 15.3. The number of hydrogen-bond acceptors (Lipinski definition) is 3. The Balaban J connectivity index is 1.81. The standard InChI is InChI=1S/C19H32N2O4/c1-14(20-19(25)15-7-3-2-4-8-15)13-17(22)21-12-6-5-9-16(21)10-11-18(23)24/h14-16H,2-13H2,1H3,(H,20,25)(H,23,24). The molecule has 1 aliphatic heterocycles. The van der Waals surface area contributed by atoms with Gasteiger partial charge in [-0.2, -0.15) is 0 Å². The predicted octanol–water partition coefficient (Wildman–Crippen LogP) is 2.71. The molecule has 2 atom stereocenters. The fourth-order valence-electron chi connectivity index (χ4n) is 4.07. The van der Waals surface area contributed by atoms with Crippen molar-refractivity contribution in [1.29, 1.82) is 0 Å². The Labute approximate surface area is 150 Å². The fourth-order valence-corrected chi connectivity index (χ4v) is 4.07. The maximum absolute atomic E-state index is 12.6. The first kappa shape index (κ1) is 19.7. The first-order valence-electron chi connectivity index (χ1n) is 9.79. The van der Waals surface area contributed by atoms with Gasteiger partial charge in [0.25, 0.3) is 0 Å². The van der Waals surface area contributed by atoms with Crippen molar-refractivity contribution in [2.24, 2.45) is 5.92 Å².